The van der Waals surface area contributed by atoms with Crippen LogP contribution in [0.5, 0.6) is 0 Å². The number of ether oxygens (including phenoxy) is 1. The van der Waals surface area contributed by atoms with E-state index >= 15 is 0 Å². The van der Waals surface area contributed by atoms with Crippen LogP contribution < -0.4 is 4.72 Å². The molecule has 1 aromatic rings. The number of hydrogen-bond donors (Lipinski definition) is 2. The third kappa shape index (κ3) is 3.01. The van der Waals surface area contributed by atoms with Gasteiger partial charge >= 0.3 is 0 Å². The molecule has 0 aromatic carbocycles. The molecule has 19 heavy (non-hydrogen) atoms. The fraction of sp³-hybridized carbons (Fsp3) is 0.727. The van der Waals surface area contributed by atoms with E-state index in [2.05, 4.69) is 30.8 Å². The molecule has 108 valence electrons. The summed E-state index contributed by atoms with van der Waals surface area (Å²) in [5.41, 5.74) is 0.566. The summed E-state index contributed by atoms with van der Waals surface area (Å²) in [5, 5.41) is 7.22. The van der Waals surface area contributed by atoms with Crippen molar-refractivity contribution in [2.75, 3.05) is 18.5 Å². The van der Waals surface area contributed by atoms with Crippen LogP contribution in [0.15, 0.2) is 4.90 Å². The van der Waals surface area contributed by atoms with Gasteiger partial charge in [-0.15, -0.1) is 0 Å². The van der Waals surface area contributed by atoms with Crippen LogP contribution in [-0.4, -0.2) is 42.7 Å². The average Bonchev–Trinajstić information content (AvgIpc) is 2.70. The van der Waals surface area contributed by atoms with Gasteiger partial charge < -0.3 is 4.74 Å². The highest BCUT2D eigenvalue weighted by Gasteiger charge is 2.37. The van der Waals surface area contributed by atoms with Gasteiger partial charge in [-0.3, -0.25) is 5.10 Å². The van der Waals surface area contributed by atoms with E-state index in [1.165, 1.54) is 0 Å². The van der Waals surface area contributed by atoms with Crippen molar-refractivity contribution in [2.24, 2.45) is 0 Å². The van der Waals surface area contributed by atoms with Crippen molar-refractivity contribution in [3.05, 3.63) is 11.4 Å². The number of aromatic amines is 1. The molecule has 6 nitrogen and oxygen atoms in total. The van der Waals surface area contributed by atoms with Crippen LogP contribution in [0.1, 0.15) is 24.2 Å². The molecule has 0 saturated carbocycles. The minimum atomic E-state index is -3.58. The molecule has 0 aliphatic carbocycles. The molecule has 1 aromatic heterocycles. The molecule has 0 bridgehead atoms. The molecule has 2 heterocycles. The van der Waals surface area contributed by atoms with Gasteiger partial charge in [0.15, 0.2) is 0 Å². The fourth-order valence-electron chi connectivity index (χ4n) is 2.30. The number of hydrogen-bond acceptors (Lipinski definition) is 4. The maximum atomic E-state index is 12.5. The van der Waals surface area contributed by atoms with E-state index in [9.17, 15) is 8.42 Å². The Morgan fingerprint density at radius 2 is 2.05 bits per heavy atom. The van der Waals surface area contributed by atoms with Gasteiger partial charge in [0.1, 0.15) is 4.90 Å². The second-order valence-corrected chi connectivity index (χ2v) is 7.07. The van der Waals surface area contributed by atoms with Gasteiger partial charge in [-0.05, 0) is 26.7 Å². The molecule has 1 saturated heterocycles. The Morgan fingerprint density at radius 3 is 2.53 bits per heavy atom. The van der Waals surface area contributed by atoms with Crippen LogP contribution in [-0.2, 0) is 14.8 Å². The van der Waals surface area contributed by atoms with E-state index in [-0.39, 0.29) is 4.90 Å². The Morgan fingerprint density at radius 1 is 1.42 bits per heavy atom. The minimum Gasteiger partial charge on any atom is -0.381 e. The summed E-state index contributed by atoms with van der Waals surface area (Å²) in [6.45, 7) is 4.52. The van der Waals surface area contributed by atoms with Crippen molar-refractivity contribution < 1.29 is 13.2 Å². The van der Waals surface area contributed by atoms with E-state index < -0.39 is 15.6 Å². The van der Waals surface area contributed by atoms with E-state index in [4.69, 9.17) is 4.74 Å². The number of H-pyrrole nitrogens is 1. The maximum Gasteiger partial charge on any atom is 0.244 e. The van der Waals surface area contributed by atoms with E-state index in [0.29, 0.717) is 42.8 Å². The zero-order chi connectivity index (χ0) is 14.1. The first-order valence-corrected chi connectivity index (χ1v) is 8.70. The highest BCUT2D eigenvalue weighted by molar-refractivity contribution is 9.09. The molecule has 2 rings (SSSR count). The number of aromatic nitrogens is 2. The first-order valence-electron chi connectivity index (χ1n) is 6.09. The van der Waals surface area contributed by atoms with Gasteiger partial charge in [-0.1, -0.05) is 15.9 Å². The highest BCUT2D eigenvalue weighted by atomic mass is 79.9. The second kappa shape index (κ2) is 5.51. The highest BCUT2D eigenvalue weighted by Crippen LogP contribution is 2.27. The third-order valence-corrected chi connectivity index (χ3v) is 6.30. The number of alkyl halides is 1. The molecule has 1 aliphatic rings. The number of nitrogens with zero attached hydrogens (tertiary/aromatic N) is 1. The lowest BCUT2D eigenvalue weighted by Crippen LogP contribution is -2.53. The normalized spacial score (nSPS) is 19.5. The van der Waals surface area contributed by atoms with Crippen LogP contribution in [0.25, 0.3) is 0 Å². The molecular weight excluding hydrogens is 334 g/mol. The summed E-state index contributed by atoms with van der Waals surface area (Å²) in [5.74, 6) is 0. The Hall–Kier alpha value is -0.440. The van der Waals surface area contributed by atoms with Crippen LogP contribution in [0.2, 0.25) is 0 Å². The smallest absolute Gasteiger partial charge is 0.244 e. The van der Waals surface area contributed by atoms with Gasteiger partial charge in [0.2, 0.25) is 10.0 Å². The van der Waals surface area contributed by atoms with Gasteiger partial charge in [0.25, 0.3) is 0 Å². The SMILES string of the molecule is Cc1n[nH]c(C)c1S(=O)(=O)NC1(CBr)CCOCC1. The zero-order valence-corrected chi connectivity index (χ0v) is 13.4. The maximum absolute atomic E-state index is 12.5. The monoisotopic (exact) mass is 351 g/mol. The number of nitrogens with one attached hydrogen (secondary N) is 2. The molecule has 0 radical (unpaired) electrons. The lowest BCUT2D eigenvalue weighted by atomic mass is 9.94. The van der Waals surface area contributed by atoms with Crippen molar-refractivity contribution in [1.82, 2.24) is 14.9 Å². The second-order valence-electron chi connectivity index (χ2n) is 4.89. The van der Waals surface area contributed by atoms with Crippen molar-refractivity contribution in [3.8, 4) is 0 Å². The predicted molar refractivity (Wildman–Crippen MR) is 75.0 cm³/mol. The van der Waals surface area contributed by atoms with Crippen molar-refractivity contribution in [2.45, 2.75) is 37.1 Å². The molecule has 0 atom stereocenters. The first kappa shape index (κ1) is 15.0. The largest absolute Gasteiger partial charge is 0.381 e. The summed E-state index contributed by atoms with van der Waals surface area (Å²) in [6, 6.07) is 0. The number of rotatable bonds is 4. The molecule has 0 amide bonds. The Bertz CT molecular complexity index is 530. The van der Waals surface area contributed by atoms with Gasteiger partial charge in [-0.25, -0.2) is 13.1 Å². The Labute approximate surface area is 121 Å². The number of aryl methyl sites for hydroxylation is 2. The first-order chi connectivity index (χ1) is 8.90. The average molecular weight is 352 g/mol. The van der Waals surface area contributed by atoms with E-state index in [1.807, 2.05) is 0 Å². The zero-order valence-electron chi connectivity index (χ0n) is 11.0. The summed E-state index contributed by atoms with van der Waals surface area (Å²) < 4.78 is 33.2. The summed E-state index contributed by atoms with van der Waals surface area (Å²) in [4.78, 5) is 0.249. The Balaban J connectivity index is 2.30. The van der Waals surface area contributed by atoms with Crippen molar-refractivity contribution >= 4 is 26.0 Å². The van der Waals surface area contributed by atoms with Crippen molar-refractivity contribution in [3.63, 3.8) is 0 Å². The van der Waals surface area contributed by atoms with Crippen LogP contribution in [0.3, 0.4) is 0 Å². The number of sulfonamides is 1. The number of halogens is 1. The van der Waals surface area contributed by atoms with Gasteiger partial charge in [0, 0.05) is 24.1 Å². The quantitative estimate of drug-likeness (QED) is 0.799. The molecule has 1 aliphatic heterocycles. The van der Waals surface area contributed by atoms with Crippen LogP contribution >= 0.6 is 15.9 Å². The molecule has 0 unspecified atom stereocenters. The third-order valence-electron chi connectivity index (χ3n) is 3.39. The summed E-state index contributed by atoms with van der Waals surface area (Å²) in [7, 11) is -3.58. The van der Waals surface area contributed by atoms with Gasteiger partial charge in [0.05, 0.1) is 11.4 Å². The fourth-order valence-corrected chi connectivity index (χ4v) is 5.02. The topological polar surface area (TPSA) is 84.1 Å². The predicted octanol–water partition coefficient (Wildman–Crippen LogP) is 1.25. The lowest BCUT2D eigenvalue weighted by molar-refractivity contribution is 0.0557. The van der Waals surface area contributed by atoms with Crippen molar-refractivity contribution in [1.29, 1.82) is 0 Å². The Kier molecular flexibility index (Phi) is 4.34. The lowest BCUT2D eigenvalue weighted by Gasteiger charge is -2.36. The van der Waals surface area contributed by atoms with E-state index in [1.54, 1.807) is 13.8 Å². The van der Waals surface area contributed by atoms with Crippen LogP contribution in [0.4, 0.5) is 0 Å². The summed E-state index contributed by atoms with van der Waals surface area (Å²) in [6.07, 6.45) is 1.32. The molecule has 2 N–H and O–H groups in total. The summed E-state index contributed by atoms with van der Waals surface area (Å²) >= 11 is 3.42. The minimum absolute atomic E-state index is 0.249. The van der Waals surface area contributed by atoms with E-state index in [0.717, 1.165) is 0 Å². The van der Waals surface area contributed by atoms with Crippen LogP contribution in [0, 0.1) is 13.8 Å². The standard InChI is InChI=1S/C11H18BrN3O3S/c1-8-10(9(2)14-13-8)19(16,17)15-11(7-12)3-5-18-6-4-11/h15H,3-7H2,1-2H3,(H,13,14). The molecular formula is C11H18BrN3O3S. The van der Waals surface area contributed by atoms with Gasteiger partial charge in [-0.2, -0.15) is 5.10 Å². The molecule has 8 heteroatoms. The molecule has 0 spiro atoms. The molecule has 1 fully saturated rings.